The van der Waals surface area contributed by atoms with Crippen molar-refractivity contribution in [1.82, 2.24) is 0 Å². The number of rotatable bonds is 3. The maximum absolute atomic E-state index is 13.3. The Labute approximate surface area is 195 Å². The highest BCUT2D eigenvalue weighted by Crippen LogP contribution is 2.29. The minimum absolute atomic E-state index is 0. The zero-order valence-electron chi connectivity index (χ0n) is 15.2. The fourth-order valence-electron chi connectivity index (χ4n) is 3.15. The summed E-state index contributed by atoms with van der Waals surface area (Å²) in [7, 11) is 0. The van der Waals surface area contributed by atoms with E-state index >= 15 is 0 Å². The van der Waals surface area contributed by atoms with Gasteiger partial charge in [0.15, 0.2) is 18.1 Å². The summed E-state index contributed by atoms with van der Waals surface area (Å²) in [5, 5.41) is 3.92. The molecule has 1 N–H and O–H groups in total. The van der Waals surface area contributed by atoms with Crippen LogP contribution in [-0.4, -0.2) is 11.6 Å². The Balaban J connectivity index is 0.00000240. The first kappa shape index (κ1) is 21.5. The van der Waals surface area contributed by atoms with Gasteiger partial charge in [-0.05, 0) is 30.7 Å². The van der Waals surface area contributed by atoms with Crippen molar-refractivity contribution in [3.63, 3.8) is 0 Å². The number of ketones is 2. The Morgan fingerprint density at radius 2 is 1.38 bits per heavy atom. The Morgan fingerprint density at radius 1 is 0.828 bits per heavy atom. The average molecular weight is 537 g/mol. The topological polar surface area (TPSA) is 50.1 Å². The van der Waals surface area contributed by atoms with Gasteiger partial charge < -0.3 is 29.3 Å². The number of hydrogen-bond donors (Lipinski definition) is 1. The predicted octanol–water partition coefficient (Wildman–Crippen LogP) is 1.95. The second-order valence-corrected chi connectivity index (χ2v) is 7.37. The number of pyridine rings is 1. The van der Waals surface area contributed by atoms with Crippen LogP contribution in [0.15, 0.2) is 72.7 Å². The average Bonchev–Trinajstić information content (AvgIpc) is 2.66. The van der Waals surface area contributed by atoms with Gasteiger partial charge in [0.1, 0.15) is 0 Å². The van der Waals surface area contributed by atoms with Gasteiger partial charge in [0.2, 0.25) is 5.78 Å². The third-order valence-corrected chi connectivity index (χ3v) is 4.92. The fraction of sp³-hybridized carbons (Fsp3) is 0.0455. The van der Waals surface area contributed by atoms with Crippen molar-refractivity contribution < 1.29 is 38.1 Å². The SMILES string of the molecule is Cc1cc[n+](C2=C(Nc3cc(Cl)cc(Cl)c3)C(=O)c3ccccc3C2=O)cc1.[I-]. The van der Waals surface area contributed by atoms with Crippen LogP contribution < -0.4 is 33.9 Å². The molecule has 0 atom stereocenters. The number of Topliss-reactive ketones (excluding diaryl/α,β-unsaturated/α-hetero) is 2. The van der Waals surface area contributed by atoms with Crippen LogP contribution in [0.25, 0.3) is 5.70 Å². The van der Waals surface area contributed by atoms with Crippen molar-refractivity contribution in [3.05, 3.63) is 99.4 Å². The number of aryl methyl sites for hydroxylation is 1. The van der Waals surface area contributed by atoms with E-state index in [9.17, 15) is 9.59 Å². The van der Waals surface area contributed by atoms with Crippen molar-refractivity contribution in [3.8, 4) is 0 Å². The van der Waals surface area contributed by atoms with Gasteiger partial charge in [-0.1, -0.05) is 47.5 Å². The Bertz CT molecular complexity index is 1140. The first-order valence-corrected chi connectivity index (χ1v) is 9.34. The molecule has 3 aromatic rings. The second-order valence-electron chi connectivity index (χ2n) is 6.49. The fourth-order valence-corrected chi connectivity index (χ4v) is 3.67. The van der Waals surface area contributed by atoms with Crippen LogP contribution in [0.1, 0.15) is 26.3 Å². The van der Waals surface area contributed by atoms with E-state index in [1.807, 2.05) is 19.1 Å². The smallest absolute Gasteiger partial charge is 0.286 e. The number of fused-ring (bicyclic) bond motifs is 1. The molecule has 0 unspecified atom stereocenters. The molecule has 0 aliphatic heterocycles. The summed E-state index contributed by atoms with van der Waals surface area (Å²) in [5.74, 6) is -0.506. The van der Waals surface area contributed by atoms with Gasteiger partial charge in [0.05, 0.1) is 0 Å². The van der Waals surface area contributed by atoms with Crippen molar-refractivity contribution in [1.29, 1.82) is 0 Å². The van der Waals surface area contributed by atoms with E-state index in [2.05, 4.69) is 5.32 Å². The number of anilines is 1. The van der Waals surface area contributed by atoms with E-state index in [1.165, 1.54) is 0 Å². The molecule has 29 heavy (non-hydrogen) atoms. The zero-order chi connectivity index (χ0) is 19.8. The quantitative estimate of drug-likeness (QED) is 0.411. The molecule has 4 rings (SSSR count). The van der Waals surface area contributed by atoms with E-state index in [1.54, 1.807) is 59.4 Å². The van der Waals surface area contributed by atoms with Crippen molar-refractivity contribution in [2.75, 3.05) is 5.32 Å². The molecule has 0 saturated heterocycles. The molecule has 1 aromatic heterocycles. The van der Waals surface area contributed by atoms with E-state index in [0.29, 0.717) is 26.9 Å². The van der Waals surface area contributed by atoms with E-state index in [0.717, 1.165) is 5.56 Å². The van der Waals surface area contributed by atoms with Gasteiger partial charge in [-0.15, -0.1) is 0 Å². The largest absolute Gasteiger partial charge is 1.00 e. The molecule has 0 spiro atoms. The third-order valence-electron chi connectivity index (χ3n) is 4.48. The zero-order valence-corrected chi connectivity index (χ0v) is 18.9. The second kappa shape index (κ2) is 8.65. The molecular formula is C22H15Cl2IN2O2. The summed E-state index contributed by atoms with van der Waals surface area (Å²) >= 11 is 12.2. The maximum Gasteiger partial charge on any atom is 0.286 e. The van der Waals surface area contributed by atoms with Crippen LogP contribution in [-0.2, 0) is 0 Å². The van der Waals surface area contributed by atoms with E-state index < -0.39 is 0 Å². The van der Waals surface area contributed by atoms with E-state index in [-0.39, 0.29) is 46.9 Å². The van der Waals surface area contributed by atoms with Crippen LogP contribution in [0.5, 0.6) is 0 Å². The van der Waals surface area contributed by atoms with Gasteiger partial charge >= 0.3 is 0 Å². The third kappa shape index (κ3) is 4.22. The molecule has 0 radical (unpaired) electrons. The number of hydrogen-bond acceptors (Lipinski definition) is 3. The Hall–Kier alpha value is -2.22. The Morgan fingerprint density at radius 3 is 1.97 bits per heavy atom. The minimum Gasteiger partial charge on any atom is -1.00 e. The minimum atomic E-state index is -0.269. The number of aromatic nitrogens is 1. The van der Waals surface area contributed by atoms with E-state index in [4.69, 9.17) is 23.2 Å². The molecule has 1 aliphatic carbocycles. The summed E-state index contributed by atoms with van der Waals surface area (Å²) in [6, 6.07) is 15.4. The van der Waals surface area contributed by atoms with Crippen LogP contribution in [0.2, 0.25) is 10.0 Å². The van der Waals surface area contributed by atoms with Crippen molar-refractivity contribution >= 4 is 46.2 Å². The number of nitrogens with zero attached hydrogens (tertiary/aromatic N) is 1. The number of allylic oxidation sites excluding steroid dienone is 2. The lowest BCUT2D eigenvalue weighted by Gasteiger charge is -2.18. The summed E-state index contributed by atoms with van der Waals surface area (Å²) in [5.41, 5.74) is 2.74. The molecule has 0 bridgehead atoms. The molecule has 1 aliphatic rings. The van der Waals surface area contributed by atoms with Crippen molar-refractivity contribution in [2.45, 2.75) is 6.92 Å². The Kier molecular flexibility index (Phi) is 6.41. The maximum atomic E-state index is 13.3. The van der Waals surface area contributed by atoms with Gasteiger partial charge in [-0.3, -0.25) is 9.59 Å². The van der Waals surface area contributed by atoms with Crippen molar-refractivity contribution in [2.24, 2.45) is 0 Å². The van der Waals surface area contributed by atoms with Gasteiger partial charge in [-0.2, -0.15) is 4.57 Å². The lowest BCUT2D eigenvalue weighted by atomic mass is 9.90. The van der Waals surface area contributed by atoms with Crippen LogP contribution in [0.3, 0.4) is 0 Å². The predicted molar refractivity (Wildman–Crippen MR) is 110 cm³/mol. The van der Waals surface area contributed by atoms with Crippen LogP contribution >= 0.6 is 23.2 Å². The number of benzene rings is 2. The van der Waals surface area contributed by atoms with Gasteiger partial charge in [0, 0.05) is 39.0 Å². The molecule has 0 saturated carbocycles. The van der Waals surface area contributed by atoms with Crippen LogP contribution in [0, 0.1) is 6.92 Å². The highest BCUT2D eigenvalue weighted by Gasteiger charge is 2.38. The lowest BCUT2D eigenvalue weighted by Crippen LogP contribution is -3.00. The molecule has 2 aromatic carbocycles. The first-order chi connectivity index (χ1) is 13.4. The van der Waals surface area contributed by atoms with Gasteiger partial charge in [0.25, 0.3) is 11.5 Å². The number of nitrogens with one attached hydrogen (secondary N) is 1. The molecule has 0 amide bonds. The number of carbonyl (C=O) groups excluding carboxylic acids is 2. The highest BCUT2D eigenvalue weighted by atomic mass is 127. The standard InChI is InChI=1S/C22H14Cl2N2O2.HI/c1-13-6-8-26(9-7-13)20-19(25-16-11-14(23)10-15(24)12-16)21(27)17-4-2-3-5-18(17)22(20)28;/h2-12H,1H3;1H. The normalized spacial score (nSPS) is 13.1. The molecule has 146 valence electrons. The summed E-state index contributed by atoms with van der Waals surface area (Å²) < 4.78 is 1.65. The summed E-state index contributed by atoms with van der Waals surface area (Å²) in [6.45, 7) is 1.95. The molecular weight excluding hydrogens is 522 g/mol. The monoisotopic (exact) mass is 536 g/mol. The first-order valence-electron chi connectivity index (χ1n) is 8.58. The number of halogens is 3. The summed E-state index contributed by atoms with van der Waals surface area (Å²) in [4.78, 5) is 26.5. The number of carbonyl (C=O) groups is 2. The lowest BCUT2D eigenvalue weighted by molar-refractivity contribution is -0.577. The molecule has 0 fully saturated rings. The van der Waals surface area contributed by atoms with Gasteiger partial charge in [-0.25, -0.2) is 0 Å². The summed E-state index contributed by atoms with van der Waals surface area (Å²) in [6.07, 6.45) is 3.52. The molecule has 1 heterocycles. The highest BCUT2D eigenvalue weighted by molar-refractivity contribution is 6.37. The molecule has 4 nitrogen and oxygen atoms in total. The van der Waals surface area contributed by atoms with Crippen LogP contribution in [0.4, 0.5) is 5.69 Å². The molecule has 7 heteroatoms.